The van der Waals surface area contributed by atoms with Crippen LogP contribution in [0.2, 0.25) is 0 Å². The van der Waals surface area contributed by atoms with E-state index in [-0.39, 0.29) is 11.6 Å². The summed E-state index contributed by atoms with van der Waals surface area (Å²) in [5.74, 6) is 1.37. The Bertz CT molecular complexity index is 1540. The van der Waals surface area contributed by atoms with Crippen LogP contribution >= 0.6 is 0 Å². The molecule has 4 N–H and O–H groups in total. The van der Waals surface area contributed by atoms with Gasteiger partial charge in [-0.2, -0.15) is 5.10 Å². The third kappa shape index (κ3) is 4.63. The van der Waals surface area contributed by atoms with Gasteiger partial charge in [-0.3, -0.25) is 9.48 Å². The molecular formula is C27H31N11O. The number of para-hydroxylation sites is 1. The molecule has 5 heterocycles. The first-order valence-electron chi connectivity index (χ1n) is 13.0. The SMILES string of the molecule is CNC(=O)c1nnc(Nc2cc(C)nc(C)n2)cc1Nc1cccc2c1N(C)Cc1c-2cnn1C1CCNC1. The fourth-order valence-corrected chi connectivity index (χ4v) is 5.40. The van der Waals surface area contributed by atoms with Gasteiger partial charge in [-0.05, 0) is 32.9 Å². The van der Waals surface area contributed by atoms with Gasteiger partial charge in [0.15, 0.2) is 11.5 Å². The van der Waals surface area contributed by atoms with Crippen molar-refractivity contribution in [3.63, 3.8) is 0 Å². The van der Waals surface area contributed by atoms with E-state index in [0.29, 0.717) is 29.2 Å². The normalized spacial score (nSPS) is 16.0. The molecule has 1 saturated heterocycles. The Kier molecular flexibility index (Phi) is 6.31. The van der Waals surface area contributed by atoms with Gasteiger partial charge in [0.2, 0.25) is 0 Å². The summed E-state index contributed by atoms with van der Waals surface area (Å²) < 4.78 is 2.18. The fourth-order valence-electron chi connectivity index (χ4n) is 5.40. The number of amides is 1. The lowest BCUT2D eigenvalue weighted by atomic mass is 9.97. The van der Waals surface area contributed by atoms with E-state index in [9.17, 15) is 4.79 Å². The highest BCUT2D eigenvalue weighted by atomic mass is 16.1. The molecule has 6 rings (SSSR count). The number of carbonyl (C=O) groups is 1. The van der Waals surface area contributed by atoms with Gasteiger partial charge in [-0.1, -0.05) is 12.1 Å². The third-order valence-electron chi connectivity index (χ3n) is 7.10. The monoisotopic (exact) mass is 525 g/mol. The van der Waals surface area contributed by atoms with Crippen molar-refractivity contribution >= 4 is 34.6 Å². The average Bonchev–Trinajstić information content (AvgIpc) is 3.58. The molecule has 1 amide bonds. The van der Waals surface area contributed by atoms with E-state index in [2.05, 4.69) is 64.1 Å². The van der Waals surface area contributed by atoms with Crippen molar-refractivity contribution in [3.8, 4) is 11.1 Å². The number of fused-ring (bicyclic) bond motifs is 3. The number of carbonyl (C=O) groups excluding carboxylic acids is 1. The summed E-state index contributed by atoms with van der Waals surface area (Å²) in [6.45, 7) is 6.42. The standard InChI is InChI=1S/C27H31N11O/c1-15-10-23(32-16(2)31-15)34-24-11-21(25(36-35-24)27(39)28-3)33-20-7-5-6-18-19-13-30-38(17-8-9-29-12-17)22(19)14-37(4)26(18)20/h5-7,10-11,13,17,29H,8-9,12,14H2,1-4H3,(H,28,39)(H2,31,32,33,34,35). The lowest BCUT2D eigenvalue weighted by Gasteiger charge is -2.31. The fraction of sp³-hybridized carbons (Fsp3) is 0.333. The van der Waals surface area contributed by atoms with Gasteiger partial charge in [0.05, 0.1) is 41.5 Å². The Labute approximate surface area is 226 Å². The minimum absolute atomic E-state index is 0.191. The number of benzene rings is 1. The van der Waals surface area contributed by atoms with Crippen LogP contribution in [0.25, 0.3) is 11.1 Å². The van der Waals surface area contributed by atoms with Crippen molar-refractivity contribution < 1.29 is 4.79 Å². The molecule has 1 atom stereocenters. The van der Waals surface area contributed by atoms with Crippen molar-refractivity contribution in [2.24, 2.45) is 0 Å². The summed E-state index contributed by atoms with van der Waals surface area (Å²) in [5, 5.41) is 26.0. The molecule has 1 fully saturated rings. The van der Waals surface area contributed by atoms with Gasteiger partial charge in [0.25, 0.3) is 5.91 Å². The van der Waals surface area contributed by atoms with Crippen molar-refractivity contribution in [2.75, 3.05) is 42.7 Å². The smallest absolute Gasteiger partial charge is 0.273 e. The second-order valence-electron chi connectivity index (χ2n) is 9.92. The maximum absolute atomic E-state index is 12.7. The van der Waals surface area contributed by atoms with Crippen LogP contribution in [-0.4, -0.2) is 63.0 Å². The summed E-state index contributed by atoms with van der Waals surface area (Å²) in [4.78, 5) is 23.7. The Morgan fingerprint density at radius 2 is 1.92 bits per heavy atom. The van der Waals surface area contributed by atoms with E-state index in [0.717, 1.165) is 54.3 Å². The van der Waals surface area contributed by atoms with Gasteiger partial charge in [-0.25, -0.2) is 9.97 Å². The Morgan fingerprint density at radius 3 is 2.69 bits per heavy atom. The summed E-state index contributed by atoms with van der Waals surface area (Å²) in [6.07, 6.45) is 3.05. The van der Waals surface area contributed by atoms with Gasteiger partial charge in [-0.15, -0.1) is 10.2 Å². The number of aromatic nitrogens is 6. The van der Waals surface area contributed by atoms with E-state index in [4.69, 9.17) is 5.10 Å². The Morgan fingerprint density at radius 1 is 1.05 bits per heavy atom. The van der Waals surface area contributed by atoms with E-state index in [1.165, 1.54) is 5.69 Å². The molecule has 0 saturated carbocycles. The molecule has 0 spiro atoms. The molecule has 0 radical (unpaired) electrons. The van der Waals surface area contributed by atoms with Crippen LogP contribution in [0.3, 0.4) is 0 Å². The first-order valence-corrected chi connectivity index (χ1v) is 13.0. The number of nitrogens with one attached hydrogen (secondary N) is 4. The van der Waals surface area contributed by atoms with E-state index in [1.807, 2.05) is 38.2 Å². The van der Waals surface area contributed by atoms with Crippen LogP contribution < -0.4 is 26.2 Å². The number of hydrogen-bond acceptors (Lipinski definition) is 10. The molecule has 3 aromatic heterocycles. The molecule has 2 aliphatic rings. The zero-order valence-corrected chi connectivity index (χ0v) is 22.4. The van der Waals surface area contributed by atoms with E-state index in [1.54, 1.807) is 13.1 Å². The summed E-state index contributed by atoms with van der Waals surface area (Å²) in [5.41, 5.74) is 6.88. The lowest BCUT2D eigenvalue weighted by molar-refractivity contribution is 0.0958. The van der Waals surface area contributed by atoms with Crippen LogP contribution in [0.1, 0.15) is 40.2 Å². The second kappa shape index (κ2) is 9.95. The molecule has 0 bridgehead atoms. The molecule has 2 aliphatic heterocycles. The van der Waals surface area contributed by atoms with Gasteiger partial charge >= 0.3 is 0 Å². The maximum atomic E-state index is 12.7. The number of hydrogen-bond donors (Lipinski definition) is 4. The molecular weight excluding hydrogens is 494 g/mol. The molecule has 1 aromatic carbocycles. The van der Waals surface area contributed by atoms with Gasteiger partial charge < -0.3 is 26.2 Å². The quantitative estimate of drug-likeness (QED) is 0.297. The highest BCUT2D eigenvalue weighted by Crippen LogP contribution is 2.44. The topological polar surface area (TPSA) is 138 Å². The molecule has 200 valence electrons. The minimum Gasteiger partial charge on any atom is -0.366 e. The molecule has 12 nitrogen and oxygen atoms in total. The molecule has 12 heteroatoms. The van der Waals surface area contributed by atoms with E-state index >= 15 is 0 Å². The number of anilines is 5. The largest absolute Gasteiger partial charge is 0.366 e. The summed E-state index contributed by atoms with van der Waals surface area (Å²) >= 11 is 0. The van der Waals surface area contributed by atoms with E-state index < -0.39 is 0 Å². The number of aryl methyl sites for hydroxylation is 2. The average molecular weight is 526 g/mol. The molecule has 39 heavy (non-hydrogen) atoms. The van der Waals surface area contributed by atoms with Gasteiger partial charge in [0.1, 0.15) is 11.6 Å². The van der Waals surface area contributed by atoms with Crippen molar-refractivity contribution in [2.45, 2.75) is 32.9 Å². The number of rotatable bonds is 6. The van der Waals surface area contributed by atoms with Crippen LogP contribution in [0, 0.1) is 13.8 Å². The lowest BCUT2D eigenvalue weighted by Crippen LogP contribution is -2.27. The third-order valence-corrected chi connectivity index (χ3v) is 7.10. The maximum Gasteiger partial charge on any atom is 0.273 e. The van der Waals surface area contributed by atoms with Gasteiger partial charge in [0, 0.05) is 49.6 Å². The van der Waals surface area contributed by atoms with Crippen LogP contribution in [-0.2, 0) is 6.54 Å². The second-order valence-corrected chi connectivity index (χ2v) is 9.92. The van der Waals surface area contributed by atoms with Crippen molar-refractivity contribution in [3.05, 3.63) is 59.4 Å². The zero-order valence-electron chi connectivity index (χ0n) is 22.4. The number of nitrogens with zero attached hydrogens (tertiary/aromatic N) is 7. The van der Waals surface area contributed by atoms with Crippen LogP contribution in [0.4, 0.5) is 28.7 Å². The predicted molar refractivity (Wildman–Crippen MR) is 150 cm³/mol. The highest BCUT2D eigenvalue weighted by Gasteiger charge is 2.29. The Hall–Kier alpha value is -4.58. The first kappa shape index (κ1) is 24.7. The van der Waals surface area contributed by atoms with Crippen molar-refractivity contribution in [1.29, 1.82) is 0 Å². The first-order chi connectivity index (χ1) is 18.9. The summed E-state index contributed by atoms with van der Waals surface area (Å²) in [7, 11) is 3.65. The molecule has 4 aromatic rings. The molecule has 0 aliphatic carbocycles. The minimum atomic E-state index is -0.336. The molecule has 1 unspecified atom stereocenters. The van der Waals surface area contributed by atoms with Crippen LogP contribution in [0.5, 0.6) is 0 Å². The van der Waals surface area contributed by atoms with Crippen molar-refractivity contribution in [1.82, 2.24) is 40.6 Å². The highest BCUT2D eigenvalue weighted by molar-refractivity contribution is 6.00. The predicted octanol–water partition coefficient (Wildman–Crippen LogP) is 3.08. The Balaban J connectivity index is 1.38. The van der Waals surface area contributed by atoms with Crippen LogP contribution in [0.15, 0.2) is 36.5 Å². The zero-order chi connectivity index (χ0) is 27.1. The summed E-state index contributed by atoms with van der Waals surface area (Å²) in [6, 6.07) is 10.1.